The maximum atomic E-state index is 10.7. The monoisotopic (exact) mass is 251 g/mol. The van der Waals surface area contributed by atoms with Crippen molar-refractivity contribution >= 4 is 17.7 Å². The van der Waals surface area contributed by atoms with Gasteiger partial charge in [-0.1, -0.05) is 0 Å². The Morgan fingerprint density at radius 3 is 2.56 bits per heavy atom. The van der Waals surface area contributed by atoms with Crippen LogP contribution >= 0.6 is 11.8 Å². The van der Waals surface area contributed by atoms with Crippen LogP contribution in [0.3, 0.4) is 0 Å². The molecule has 96 valence electrons. The van der Waals surface area contributed by atoms with Gasteiger partial charge in [-0.2, -0.15) is 11.8 Å². The summed E-state index contributed by atoms with van der Waals surface area (Å²) in [6.07, 6.45) is 0. The first-order valence-electron chi connectivity index (χ1n) is 5.11. The SMILES string of the molecule is COCCOCCSC(C)(C)[C@H](N)C(=O)O. The first kappa shape index (κ1) is 15.7. The van der Waals surface area contributed by atoms with Gasteiger partial charge in [0.25, 0.3) is 0 Å². The zero-order valence-electron chi connectivity index (χ0n) is 10.1. The Morgan fingerprint density at radius 1 is 1.44 bits per heavy atom. The van der Waals surface area contributed by atoms with Crippen LogP contribution in [0.4, 0.5) is 0 Å². The van der Waals surface area contributed by atoms with E-state index in [2.05, 4.69) is 0 Å². The van der Waals surface area contributed by atoms with Gasteiger partial charge in [-0.15, -0.1) is 0 Å². The molecule has 0 radical (unpaired) electrons. The fourth-order valence-electron chi connectivity index (χ4n) is 0.995. The lowest BCUT2D eigenvalue weighted by Gasteiger charge is -2.27. The lowest BCUT2D eigenvalue weighted by molar-refractivity contribution is -0.139. The molecule has 1 atom stereocenters. The van der Waals surface area contributed by atoms with Gasteiger partial charge in [0.05, 0.1) is 19.8 Å². The van der Waals surface area contributed by atoms with Crippen LogP contribution in [0.25, 0.3) is 0 Å². The van der Waals surface area contributed by atoms with Crippen LogP contribution in [0.15, 0.2) is 0 Å². The first-order valence-corrected chi connectivity index (χ1v) is 6.09. The predicted molar refractivity (Wildman–Crippen MR) is 64.8 cm³/mol. The molecule has 0 rings (SSSR count). The second kappa shape index (κ2) is 7.89. The molecule has 0 unspecified atom stereocenters. The van der Waals surface area contributed by atoms with Crippen molar-refractivity contribution in [3.05, 3.63) is 0 Å². The normalized spacial score (nSPS) is 13.8. The van der Waals surface area contributed by atoms with Gasteiger partial charge in [-0.25, -0.2) is 0 Å². The molecule has 3 N–H and O–H groups in total. The average molecular weight is 251 g/mol. The number of nitrogens with two attached hydrogens (primary N) is 1. The number of aliphatic carboxylic acids is 1. The van der Waals surface area contributed by atoms with Crippen molar-refractivity contribution in [2.24, 2.45) is 5.73 Å². The van der Waals surface area contributed by atoms with E-state index in [1.807, 2.05) is 13.8 Å². The Hall–Kier alpha value is -0.300. The van der Waals surface area contributed by atoms with Crippen LogP contribution in [0, 0.1) is 0 Å². The Labute approximate surface area is 101 Å². The topological polar surface area (TPSA) is 81.8 Å². The lowest BCUT2D eigenvalue weighted by atomic mass is 10.1. The average Bonchev–Trinajstić information content (AvgIpc) is 2.22. The molecule has 0 aromatic rings. The molecule has 0 bridgehead atoms. The van der Waals surface area contributed by atoms with Crippen LogP contribution < -0.4 is 5.73 Å². The van der Waals surface area contributed by atoms with Gasteiger partial charge in [0.1, 0.15) is 6.04 Å². The van der Waals surface area contributed by atoms with E-state index in [4.69, 9.17) is 20.3 Å². The lowest BCUT2D eigenvalue weighted by Crippen LogP contribution is -2.47. The minimum Gasteiger partial charge on any atom is -0.480 e. The van der Waals surface area contributed by atoms with Crippen molar-refractivity contribution in [2.45, 2.75) is 24.6 Å². The van der Waals surface area contributed by atoms with Gasteiger partial charge in [-0.05, 0) is 13.8 Å². The second-order valence-electron chi connectivity index (χ2n) is 3.87. The summed E-state index contributed by atoms with van der Waals surface area (Å²) in [5.41, 5.74) is 5.58. The molecule has 0 aromatic carbocycles. The van der Waals surface area contributed by atoms with E-state index in [0.29, 0.717) is 19.8 Å². The number of carboxylic acid groups (broad SMARTS) is 1. The number of carbonyl (C=O) groups is 1. The van der Waals surface area contributed by atoms with Crippen LogP contribution in [0.2, 0.25) is 0 Å². The predicted octanol–water partition coefficient (Wildman–Crippen LogP) is 0.573. The minimum atomic E-state index is -0.974. The van der Waals surface area contributed by atoms with Gasteiger partial charge < -0.3 is 20.3 Å². The van der Waals surface area contributed by atoms with Gasteiger partial charge in [0, 0.05) is 17.6 Å². The molecule has 0 aliphatic rings. The van der Waals surface area contributed by atoms with Crippen molar-refractivity contribution in [1.82, 2.24) is 0 Å². The van der Waals surface area contributed by atoms with Gasteiger partial charge in [0.15, 0.2) is 0 Å². The third-order valence-corrected chi connectivity index (χ3v) is 3.52. The fourth-order valence-corrected chi connectivity index (χ4v) is 2.00. The van der Waals surface area contributed by atoms with Crippen molar-refractivity contribution in [2.75, 3.05) is 32.7 Å². The third kappa shape index (κ3) is 6.32. The summed E-state index contributed by atoms with van der Waals surface area (Å²) in [5.74, 6) is -0.254. The van der Waals surface area contributed by atoms with E-state index in [1.54, 1.807) is 7.11 Å². The first-order chi connectivity index (χ1) is 7.41. The quantitative estimate of drug-likeness (QED) is 0.583. The van der Waals surface area contributed by atoms with Crippen LogP contribution in [0.5, 0.6) is 0 Å². The molecule has 0 heterocycles. The number of hydrogen-bond acceptors (Lipinski definition) is 5. The maximum absolute atomic E-state index is 10.7. The standard InChI is InChI=1S/C10H21NO4S/c1-10(2,8(11)9(12)13)16-7-6-15-5-4-14-3/h8H,4-7,11H2,1-3H3,(H,12,13)/t8-/m1/s1. The van der Waals surface area contributed by atoms with Crippen LogP contribution in [0.1, 0.15) is 13.8 Å². The molecule has 0 aliphatic carbocycles. The molecule has 0 aromatic heterocycles. The van der Waals surface area contributed by atoms with E-state index < -0.39 is 16.8 Å². The van der Waals surface area contributed by atoms with Gasteiger partial charge in [0.2, 0.25) is 0 Å². The Balaban J connectivity index is 3.70. The number of carboxylic acids is 1. The fraction of sp³-hybridized carbons (Fsp3) is 0.900. The Kier molecular flexibility index (Phi) is 7.74. The van der Waals surface area contributed by atoms with Crippen molar-refractivity contribution in [1.29, 1.82) is 0 Å². The summed E-state index contributed by atoms with van der Waals surface area (Å²) in [6, 6.07) is -0.864. The Morgan fingerprint density at radius 2 is 2.06 bits per heavy atom. The summed E-state index contributed by atoms with van der Waals surface area (Å²) in [4.78, 5) is 10.7. The molecule has 0 amide bonds. The Bertz CT molecular complexity index is 211. The second-order valence-corrected chi connectivity index (χ2v) is 5.62. The highest BCUT2D eigenvalue weighted by Gasteiger charge is 2.32. The van der Waals surface area contributed by atoms with Crippen molar-refractivity contribution in [3.8, 4) is 0 Å². The minimum absolute atomic E-state index is 0.490. The molecule has 0 saturated heterocycles. The largest absolute Gasteiger partial charge is 0.480 e. The smallest absolute Gasteiger partial charge is 0.321 e. The zero-order valence-corrected chi connectivity index (χ0v) is 10.9. The number of methoxy groups -OCH3 is 1. The van der Waals surface area contributed by atoms with E-state index in [9.17, 15) is 4.79 Å². The van der Waals surface area contributed by atoms with Crippen LogP contribution in [-0.4, -0.2) is 54.5 Å². The van der Waals surface area contributed by atoms with E-state index in [0.717, 1.165) is 5.75 Å². The highest BCUT2D eigenvalue weighted by atomic mass is 32.2. The summed E-state index contributed by atoms with van der Waals surface area (Å²) >= 11 is 1.50. The molecule has 0 aliphatic heterocycles. The maximum Gasteiger partial charge on any atom is 0.321 e. The summed E-state index contributed by atoms with van der Waals surface area (Å²) in [5, 5.41) is 8.80. The molecule has 0 fully saturated rings. The number of thioether (sulfide) groups is 1. The molecular weight excluding hydrogens is 230 g/mol. The van der Waals surface area contributed by atoms with E-state index >= 15 is 0 Å². The highest BCUT2D eigenvalue weighted by Crippen LogP contribution is 2.27. The number of hydrogen-bond donors (Lipinski definition) is 2. The molecule has 0 saturated carbocycles. The van der Waals surface area contributed by atoms with Crippen molar-refractivity contribution in [3.63, 3.8) is 0 Å². The van der Waals surface area contributed by atoms with Gasteiger partial charge in [-0.3, -0.25) is 4.79 Å². The van der Waals surface area contributed by atoms with E-state index in [-0.39, 0.29) is 0 Å². The molecular formula is C10H21NO4S. The third-order valence-electron chi connectivity index (χ3n) is 2.15. The molecule has 0 spiro atoms. The molecule has 6 heteroatoms. The van der Waals surface area contributed by atoms with E-state index in [1.165, 1.54) is 11.8 Å². The summed E-state index contributed by atoms with van der Waals surface area (Å²) in [6.45, 7) is 5.35. The number of rotatable bonds is 9. The molecule has 16 heavy (non-hydrogen) atoms. The van der Waals surface area contributed by atoms with Gasteiger partial charge >= 0.3 is 5.97 Å². The highest BCUT2D eigenvalue weighted by molar-refractivity contribution is 8.00. The molecule has 5 nitrogen and oxygen atoms in total. The summed E-state index contributed by atoms with van der Waals surface area (Å²) < 4.78 is 9.62. The summed E-state index contributed by atoms with van der Waals surface area (Å²) in [7, 11) is 1.62. The number of ether oxygens (including phenoxy) is 2. The van der Waals surface area contributed by atoms with Crippen molar-refractivity contribution < 1.29 is 19.4 Å². The van der Waals surface area contributed by atoms with Crippen LogP contribution in [-0.2, 0) is 14.3 Å². The zero-order chi connectivity index (χ0) is 12.6.